The summed E-state index contributed by atoms with van der Waals surface area (Å²) in [7, 11) is 0. The smallest absolute Gasteiger partial charge is 0.0946 e. The number of nitrogens with zero attached hydrogens (tertiary/aromatic N) is 2. The fourth-order valence-corrected chi connectivity index (χ4v) is 6.32. The highest BCUT2D eigenvalue weighted by Crippen LogP contribution is 2.54. The molecule has 1 aromatic heterocycles. The SMILES string of the molecule is CC[C@@H](CO)[C@]1(O)CCN2CCc3c(n(Cc4ccccc4)c4ccccc34)[C@@]21C. The summed E-state index contributed by atoms with van der Waals surface area (Å²) in [6.45, 7) is 6.92. The maximum atomic E-state index is 12.2. The molecule has 0 aliphatic carbocycles. The third-order valence-corrected chi connectivity index (χ3v) is 7.98. The fraction of sp³-hybridized carbons (Fsp3) is 0.462. The van der Waals surface area contributed by atoms with Gasteiger partial charge in [0.15, 0.2) is 0 Å². The summed E-state index contributed by atoms with van der Waals surface area (Å²) in [5, 5.41) is 23.6. The zero-order valence-electron chi connectivity index (χ0n) is 18.0. The van der Waals surface area contributed by atoms with Crippen LogP contribution in [-0.4, -0.2) is 45.0 Å². The van der Waals surface area contributed by atoms with Crippen LogP contribution in [-0.2, 0) is 18.5 Å². The molecule has 0 bridgehead atoms. The van der Waals surface area contributed by atoms with Gasteiger partial charge in [-0.3, -0.25) is 4.90 Å². The zero-order chi connectivity index (χ0) is 20.9. The van der Waals surface area contributed by atoms with Crippen molar-refractivity contribution in [2.75, 3.05) is 19.7 Å². The maximum absolute atomic E-state index is 12.2. The molecule has 5 rings (SSSR count). The van der Waals surface area contributed by atoms with Crippen molar-refractivity contribution in [2.24, 2.45) is 5.92 Å². The molecule has 30 heavy (non-hydrogen) atoms. The van der Waals surface area contributed by atoms with E-state index in [9.17, 15) is 10.2 Å². The van der Waals surface area contributed by atoms with Gasteiger partial charge in [0.25, 0.3) is 0 Å². The van der Waals surface area contributed by atoms with Gasteiger partial charge >= 0.3 is 0 Å². The topological polar surface area (TPSA) is 48.6 Å². The van der Waals surface area contributed by atoms with Crippen LogP contribution in [0.4, 0.5) is 0 Å². The Kier molecular flexibility index (Phi) is 4.77. The van der Waals surface area contributed by atoms with Crippen molar-refractivity contribution in [1.29, 1.82) is 0 Å². The fourth-order valence-electron chi connectivity index (χ4n) is 6.32. The molecule has 158 valence electrons. The molecule has 3 heterocycles. The molecular weight excluding hydrogens is 372 g/mol. The van der Waals surface area contributed by atoms with Gasteiger partial charge in [-0.1, -0.05) is 55.5 Å². The summed E-state index contributed by atoms with van der Waals surface area (Å²) >= 11 is 0. The second-order valence-electron chi connectivity index (χ2n) is 9.19. The minimum absolute atomic E-state index is 0.0185. The molecule has 2 aliphatic rings. The Morgan fingerprint density at radius 3 is 2.50 bits per heavy atom. The van der Waals surface area contributed by atoms with Crippen LogP contribution in [0.15, 0.2) is 54.6 Å². The monoisotopic (exact) mass is 404 g/mol. The number of hydrogen-bond acceptors (Lipinski definition) is 3. The van der Waals surface area contributed by atoms with Gasteiger partial charge in [0.1, 0.15) is 0 Å². The molecular formula is C26H32N2O2. The molecule has 0 amide bonds. The molecule has 4 nitrogen and oxygen atoms in total. The van der Waals surface area contributed by atoms with E-state index in [2.05, 4.69) is 77.9 Å². The van der Waals surface area contributed by atoms with E-state index in [4.69, 9.17) is 0 Å². The predicted molar refractivity (Wildman–Crippen MR) is 121 cm³/mol. The summed E-state index contributed by atoms with van der Waals surface area (Å²) in [5.41, 5.74) is 3.64. The van der Waals surface area contributed by atoms with E-state index in [0.29, 0.717) is 6.42 Å². The highest BCUT2D eigenvalue weighted by Gasteiger charge is 2.62. The first-order valence-electron chi connectivity index (χ1n) is 11.3. The molecule has 0 radical (unpaired) electrons. The van der Waals surface area contributed by atoms with Crippen LogP contribution in [0.5, 0.6) is 0 Å². The van der Waals surface area contributed by atoms with E-state index in [1.54, 1.807) is 0 Å². The van der Waals surface area contributed by atoms with Crippen molar-refractivity contribution in [1.82, 2.24) is 9.47 Å². The first-order valence-corrected chi connectivity index (χ1v) is 11.3. The summed E-state index contributed by atoms with van der Waals surface area (Å²) < 4.78 is 2.44. The second-order valence-corrected chi connectivity index (χ2v) is 9.19. The molecule has 2 aromatic carbocycles. The van der Waals surface area contributed by atoms with Crippen molar-refractivity contribution < 1.29 is 10.2 Å². The first-order chi connectivity index (χ1) is 14.5. The summed E-state index contributed by atoms with van der Waals surface area (Å²) in [4.78, 5) is 2.47. The lowest BCUT2D eigenvalue weighted by Gasteiger charge is -2.50. The van der Waals surface area contributed by atoms with Crippen LogP contribution >= 0.6 is 0 Å². The van der Waals surface area contributed by atoms with Gasteiger partial charge in [-0.05, 0) is 43.4 Å². The number of rotatable bonds is 5. The highest BCUT2D eigenvalue weighted by atomic mass is 16.3. The number of aliphatic hydroxyl groups excluding tert-OH is 1. The molecule has 0 saturated carbocycles. The van der Waals surface area contributed by atoms with E-state index < -0.39 is 11.1 Å². The zero-order valence-corrected chi connectivity index (χ0v) is 18.0. The largest absolute Gasteiger partial charge is 0.396 e. The van der Waals surface area contributed by atoms with Gasteiger partial charge in [0.05, 0.1) is 11.1 Å². The van der Waals surface area contributed by atoms with Gasteiger partial charge in [-0.15, -0.1) is 0 Å². The maximum Gasteiger partial charge on any atom is 0.0946 e. The van der Waals surface area contributed by atoms with Crippen LogP contribution in [0, 0.1) is 5.92 Å². The lowest BCUT2D eigenvalue weighted by Crippen LogP contribution is -2.60. The average Bonchev–Trinajstić information content (AvgIpc) is 3.23. The quantitative estimate of drug-likeness (QED) is 0.678. The van der Waals surface area contributed by atoms with Crippen molar-refractivity contribution in [3.05, 3.63) is 71.4 Å². The molecule has 0 spiro atoms. The number of benzene rings is 2. The summed E-state index contributed by atoms with van der Waals surface area (Å²) in [6, 6.07) is 19.2. The Bertz CT molecular complexity index is 1060. The number of aliphatic hydroxyl groups is 2. The third-order valence-electron chi connectivity index (χ3n) is 7.98. The van der Waals surface area contributed by atoms with Gasteiger partial charge in [-0.2, -0.15) is 0 Å². The lowest BCUT2D eigenvalue weighted by atomic mass is 9.68. The number of para-hydroxylation sites is 1. The van der Waals surface area contributed by atoms with Crippen molar-refractivity contribution >= 4 is 10.9 Å². The van der Waals surface area contributed by atoms with Crippen molar-refractivity contribution in [3.8, 4) is 0 Å². The molecule has 1 fully saturated rings. The van der Waals surface area contributed by atoms with Crippen LogP contribution in [0.2, 0.25) is 0 Å². The number of hydrogen-bond donors (Lipinski definition) is 2. The van der Waals surface area contributed by atoms with E-state index in [-0.39, 0.29) is 12.5 Å². The van der Waals surface area contributed by atoms with Crippen LogP contribution < -0.4 is 0 Å². The van der Waals surface area contributed by atoms with E-state index in [0.717, 1.165) is 32.5 Å². The standard InChI is InChI=1S/C26H32N2O2/c1-3-20(18-29)26(30)14-16-27-15-13-22-21-11-7-8-12-23(21)28(24(22)25(26,27)2)17-19-9-5-4-6-10-19/h4-12,20,29-30H,3,13-18H2,1-2H3/t20-,25+,26+/m0/s1. The number of fused-ring (bicyclic) bond motifs is 5. The van der Waals surface area contributed by atoms with Crippen molar-refractivity contribution in [2.45, 2.75) is 50.8 Å². The van der Waals surface area contributed by atoms with Gasteiger partial charge in [0.2, 0.25) is 0 Å². The van der Waals surface area contributed by atoms with E-state index in [1.807, 2.05) is 0 Å². The minimum Gasteiger partial charge on any atom is -0.396 e. The van der Waals surface area contributed by atoms with E-state index >= 15 is 0 Å². The Labute approximate surface area is 178 Å². The van der Waals surface area contributed by atoms with Crippen molar-refractivity contribution in [3.63, 3.8) is 0 Å². The van der Waals surface area contributed by atoms with E-state index in [1.165, 1.54) is 27.7 Å². The average molecular weight is 405 g/mol. The lowest BCUT2D eigenvalue weighted by molar-refractivity contribution is -0.118. The van der Waals surface area contributed by atoms with Gasteiger partial charge in [0, 0.05) is 48.8 Å². The first kappa shape index (κ1) is 19.8. The van der Waals surface area contributed by atoms with Crippen LogP contribution in [0.3, 0.4) is 0 Å². The normalized spacial score (nSPS) is 27.2. The van der Waals surface area contributed by atoms with Gasteiger partial charge < -0.3 is 14.8 Å². The van der Waals surface area contributed by atoms with Gasteiger partial charge in [-0.25, -0.2) is 0 Å². The summed E-state index contributed by atoms with van der Waals surface area (Å²) in [6.07, 6.45) is 2.47. The van der Waals surface area contributed by atoms with Crippen LogP contribution in [0.25, 0.3) is 10.9 Å². The Balaban J connectivity index is 1.77. The number of aromatic nitrogens is 1. The Morgan fingerprint density at radius 1 is 1.03 bits per heavy atom. The molecule has 0 unspecified atom stereocenters. The second kappa shape index (κ2) is 7.23. The summed E-state index contributed by atoms with van der Waals surface area (Å²) in [5.74, 6) is -0.137. The predicted octanol–water partition coefficient (Wildman–Crippen LogP) is 3.92. The molecule has 1 saturated heterocycles. The molecule has 3 atom stereocenters. The molecule has 2 aliphatic heterocycles. The minimum atomic E-state index is -0.950. The third kappa shape index (κ3) is 2.57. The van der Waals surface area contributed by atoms with Crippen LogP contribution in [0.1, 0.15) is 43.5 Å². The molecule has 3 aromatic rings. The molecule has 4 heteroatoms. The highest BCUT2D eigenvalue weighted by molar-refractivity contribution is 5.86. The Morgan fingerprint density at radius 2 is 1.77 bits per heavy atom. The Hall–Kier alpha value is -2.14. The molecule has 2 N–H and O–H groups in total.